The summed E-state index contributed by atoms with van der Waals surface area (Å²) >= 11 is 0. The second-order valence-corrected chi connectivity index (χ2v) is 18.0. The average molecular weight is 727 g/mol. The van der Waals surface area contributed by atoms with Crippen molar-refractivity contribution in [1.29, 1.82) is 0 Å². The van der Waals surface area contributed by atoms with Crippen LogP contribution in [0.4, 0.5) is 0 Å². The Hall–Kier alpha value is -1.41. The van der Waals surface area contributed by atoms with Gasteiger partial charge in [-0.15, -0.1) is 0 Å². The number of aliphatic hydroxyl groups is 1. The first-order valence-corrected chi connectivity index (χ1v) is 20.0. The molecule has 268 valence electrons. The monoisotopic (exact) mass is 726 g/mol. The third kappa shape index (κ3) is 6.99. The van der Waals surface area contributed by atoms with Crippen molar-refractivity contribution in [3.63, 3.8) is 0 Å². The lowest BCUT2D eigenvalue weighted by Crippen LogP contribution is -2.65. The molecule has 14 nitrogen and oxygen atoms in total. The van der Waals surface area contributed by atoms with Crippen molar-refractivity contribution in [2.24, 2.45) is 39.9 Å². The lowest BCUT2D eigenvalue weighted by molar-refractivity contribution is -0.179. The van der Waals surface area contributed by atoms with Crippen LogP contribution < -0.4 is 0 Å². The first-order chi connectivity index (χ1) is 21.5. The Morgan fingerprint density at radius 2 is 1.53 bits per heavy atom. The van der Waals surface area contributed by atoms with Gasteiger partial charge in [0, 0.05) is 5.92 Å². The van der Waals surface area contributed by atoms with Gasteiger partial charge in [-0.3, -0.25) is 13.7 Å². The molecule has 1 unspecified atom stereocenters. The summed E-state index contributed by atoms with van der Waals surface area (Å²) in [4.78, 5) is 0. The fraction of sp³-hybridized carbons (Fsp3) is 0.800. The number of rotatable bonds is 11. The second-order valence-electron chi connectivity index (χ2n) is 14.9. The quantitative estimate of drug-likeness (QED) is 0.182. The number of aliphatic hydroxyl groups excluding tert-OH is 1. The Bertz CT molecular complexity index is 1670. The van der Waals surface area contributed by atoms with E-state index >= 15 is 0 Å². The molecule has 12 atom stereocenters. The first kappa shape index (κ1) is 36.9. The van der Waals surface area contributed by atoms with Crippen LogP contribution in [0.1, 0.15) is 91.0 Å². The molecule has 17 heteroatoms. The Balaban J connectivity index is 1.53. The van der Waals surface area contributed by atoms with Gasteiger partial charge < -0.3 is 9.52 Å². The molecule has 0 amide bonds. The van der Waals surface area contributed by atoms with Crippen LogP contribution in [0.15, 0.2) is 34.7 Å². The van der Waals surface area contributed by atoms with E-state index in [1.54, 1.807) is 19.5 Å². The average Bonchev–Trinajstić information content (AvgIpc) is 3.54. The summed E-state index contributed by atoms with van der Waals surface area (Å²) in [7, 11) is -15.6. The van der Waals surface area contributed by atoms with Crippen LogP contribution in [0.3, 0.4) is 0 Å². The van der Waals surface area contributed by atoms with Gasteiger partial charge in [0.05, 0.1) is 24.7 Å². The van der Waals surface area contributed by atoms with E-state index in [-0.39, 0.29) is 24.2 Å². The minimum absolute atomic E-state index is 0.0378. The summed E-state index contributed by atoms with van der Waals surface area (Å²) in [6, 6.07) is 1.98. The van der Waals surface area contributed by atoms with Crippen molar-refractivity contribution in [1.82, 2.24) is 0 Å². The fourth-order valence-corrected chi connectivity index (χ4v) is 11.7. The molecule has 0 aromatic carbocycles. The molecule has 3 saturated carbocycles. The number of hydrogen-bond donors (Lipinski definition) is 4. The summed E-state index contributed by atoms with van der Waals surface area (Å²) in [5.74, 6) is -0.603. The van der Waals surface area contributed by atoms with Gasteiger partial charge in [0.1, 0.15) is 12.2 Å². The zero-order valence-electron chi connectivity index (χ0n) is 27.1. The Kier molecular flexibility index (Phi) is 9.74. The van der Waals surface area contributed by atoms with E-state index in [1.807, 2.05) is 6.07 Å². The normalized spacial score (nSPS) is 40.5. The Morgan fingerprint density at radius 1 is 0.915 bits per heavy atom. The van der Waals surface area contributed by atoms with Crippen LogP contribution in [0, 0.1) is 39.9 Å². The van der Waals surface area contributed by atoms with E-state index < -0.39 is 72.4 Å². The molecule has 0 radical (unpaired) electrons. The van der Waals surface area contributed by atoms with Gasteiger partial charge in [0.15, 0.2) is 0 Å². The molecule has 0 spiro atoms. The maximum Gasteiger partial charge on any atom is 0.397 e. The highest BCUT2D eigenvalue weighted by molar-refractivity contribution is 7.81. The molecule has 4 aliphatic carbocycles. The predicted octanol–water partition coefficient (Wildman–Crippen LogP) is 4.52. The molecule has 4 N–H and O–H groups in total. The van der Waals surface area contributed by atoms with Crippen LogP contribution in [-0.2, 0) is 43.7 Å². The zero-order valence-corrected chi connectivity index (χ0v) is 29.5. The molecule has 47 heavy (non-hydrogen) atoms. The summed E-state index contributed by atoms with van der Waals surface area (Å²) in [5.41, 5.74) is 0.0233. The van der Waals surface area contributed by atoms with Gasteiger partial charge in [-0.05, 0) is 96.5 Å². The smallest absolute Gasteiger partial charge is 0.397 e. The zero-order chi connectivity index (χ0) is 35.0. The topological polar surface area (TPSA) is 224 Å². The van der Waals surface area contributed by atoms with E-state index in [2.05, 4.69) is 38.0 Å². The highest BCUT2D eigenvalue weighted by atomic mass is 32.3. The molecule has 0 saturated heterocycles. The molecule has 1 aromatic heterocycles. The van der Waals surface area contributed by atoms with Crippen LogP contribution in [-0.4, -0.2) is 68.4 Å². The van der Waals surface area contributed by atoms with Crippen molar-refractivity contribution in [2.45, 2.75) is 110 Å². The van der Waals surface area contributed by atoms with Crippen LogP contribution in [0.25, 0.3) is 0 Å². The highest BCUT2D eigenvalue weighted by Gasteiger charge is 2.68. The largest absolute Gasteiger partial charge is 0.472 e. The Labute approximate surface area is 277 Å². The van der Waals surface area contributed by atoms with E-state index in [1.165, 1.54) is 0 Å². The highest BCUT2D eigenvalue weighted by Crippen LogP contribution is 2.72. The van der Waals surface area contributed by atoms with Crippen molar-refractivity contribution < 1.29 is 61.0 Å². The number of furan rings is 1. The van der Waals surface area contributed by atoms with E-state index in [4.69, 9.17) is 12.8 Å². The maximum atomic E-state index is 12.2. The maximum absolute atomic E-state index is 12.2. The molecule has 3 fully saturated rings. The van der Waals surface area contributed by atoms with Crippen LogP contribution in [0.5, 0.6) is 0 Å². The van der Waals surface area contributed by atoms with Crippen LogP contribution in [0.2, 0.25) is 0 Å². The Morgan fingerprint density at radius 3 is 2.11 bits per heavy atom. The van der Waals surface area contributed by atoms with Crippen molar-refractivity contribution in [3.05, 3.63) is 35.8 Å². The third-order valence-corrected chi connectivity index (χ3v) is 14.0. The lowest BCUT2D eigenvalue weighted by Gasteiger charge is -2.63. The minimum Gasteiger partial charge on any atom is -0.472 e. The molecule has 0 bridgehead atoms. The molecule has 1 aromatic rings. The molecular formula is C30H46O14S3. The van der Waals surface area contributed by atoms with Crippen molar-refractivity contribution in [3.8, 4) is 0 Å². The number of allylic oxidation sites excluding steroid dienone is 2. The summed E-state index contributed by atoms with van der Waals surface area (Å²) in [6.45, 7) is 10.5. The van der Waals surface area contributed by atoms with E-state index in [9.17, 15) is 44.0 Å². The van der Waals surface area contributed by atoms with Crippen LogP contribution >= 0.6 is 0 Å². The molecule has 1 heterocycles. The van der Waals surface area contributed by atoms with Crippen molar-refractivity contribution in [2.75, 3.05) is 0 Å². The molecular weight excluding hydrogens is 681 g/mol. The van der Waals surface area contributed by atoms with Crippen molar-refractivity contribution >= 4 is 31.2 Å². The van der Waals surface area contributed by atoms with Gasteiger partial charge >= 0.3 is 31.2 Å². The SMILES string of the molecule is CC(CC[C@@H](C)[C@H]1CC[C@@]2(C)[C@@H]3C[C@H](OS(=O)(=O)O)[C@H]4[C@@H](O)[C@H](OS(=O)(=O)O)[C@@H](OS(=O)(=O)O)C[C@]4(C)C3=CC[C@]12C)c1ccoc1. The molecule has 4 aliphatic rings. The number of hydrogen-bond acceptors (Lipinski definition) is 11. The van der Waals surface area contributed by atoms with E-state index in [0.717, 1.165) is 36.8 Å². The molecule has 0 aliphatic heterocycles. The van der Waals surface area contributed by atoms with Gasteiger partial charge in [-0.1, -0.05) is 46.3 Å². The summed E-state index contributed by atoms with van der Waals surface area (Å²) in [5, 5.41) is 11.6. The summed E-state index contributed by atoms with van der Waals surface area (Å²) < 4.78 is 120. The van der Waals surface area contributed by atoms with E-state index in [0.29, 0.717) is 24.2 Å². The summed E-state index contributed by atoms with van der Waals surface area (Å²) in [6.07, 6.45) is 2.22. The lowest BCUT2D eigenvalue weighted by atomic mass is 9.43. The van der Waals surface area contributed by atoms with Gasteiger partial charge in [-0.2, -0.15) is 25.3 Å². The number of fused-ring (bicyclic) bond motifs is 5. The van der Waals surface area contributed by atoms with Gasteiger partial charge in [0.2, 0.25) is 0 Å². The molecule has 5 rings (SSSR count). The standard InChI is InChI=1S/C30H46O14S3/c1-17(19-10-13-41-16-19)6-7-18(2)20-8-11-30(5)22-14-23(42-45(32,33)34)25-26(31)27(44-47(38,39)40)24(43-46(35,36)37)15-28(25,3)21(22)9-12-29(20,30)4/h9-10,13,16-18,20,22-27,31H,6-8,11-12,14-15H2,1-5H3,(H,32,33,34)(H,35,36,37)(H,38,39,40)/t17?,18-,20-,22-,23+,24+,25+,26-,27-,28-,29-,30+/m1/s1. The third-order valence-electron chi connectivity index (χ3n) is 12.5. The fourth-order valence-electron chi connectivity index (χ4n) is 10.2. The van der Waals surface area contributed by atoms with Gasteiger partial charge in [-0.25, -0.2) is 12.5 Å². The van der Waals surface area contributed by atoms with Gasteiger partial charge in [0.25, 0.3) is 0 Å². The predicted molar refractivity (Wildman–Crippen MR) is 167 cm³/mol. The first-order valence-electron chi connectivity index (χ1n) is 15.9. The second kappa shape index (κ2) is 12.4. The minimum atomic E-state index is -5.29.